The number of hydrogen-bond acceptors (Lipinski definition) is 3. The summed E-state index contributed by atoms with van der Waals surface area (Å²) in [6.45, 7) is 2.69. The van der Waals surface area contributed by atoms with E-state index in [-0.39, 0.29) is 0 Å². The van der Waals surface area contributed by atoms with E-state index in [9.17, 15) is 9.59 Å². The van der Waals surface area contributed by atoms with Gasteiger partial charge in [-0.1, -0.05) is 64.7 Å². The van der Waals surface area contributed by atoms with Gasteiger partial charge in [-0.2, -0.15) is 0 Å². The minimum Gasteiger partial charge on any atom is -0.463 e. The first kappa shape index (κ1) is 17.9. The summed E-state index contributed by atoms with van der Waals surface area (Å²) in [5.74, 6) is -0.428. The van der Waals surface area contributed by atoms with Gasteiger partial charge in [0.15, 0.2) is 0 Å². The molecule has 3 nitrogen and oxygen atoms in total. The third-order valence-corrected chi connectivity index (χ3v) is 3.05. The van der Waals surface area contributed by atoms with Gasteiger partial charge in [0, 0.05) is 6.08 Å². The molecule has 0 aromatic heterocycles. The lowest BCUT2D eigenvalue weighted by atomic mass is 10.1. The molecule has 19 heavy (non-hydrogen) atoms. The van der Waals surface area contributed by atoms with Crippen molar-refractivity contribution in [1.82, 2.24) is 0 Å². The Morgan fingerprint density at radius 2 is 1.42 bits per heavy atom. The summed E-state index contributed by atoms with van der Waals surface area (Å²) in [7, 11) is 0. The summed E-state index contributed by atoms with van der Waals surface area (Å²) in [5, 5.41) is 0. The number of hydrogen-bond donors (Lipinski definition) is 0. The number of esters is 1. The molecule has 0 spiro atoms. The first-order valence-corrected chi connectivity index (χ1v) is 7.60. The summed E-state index contributed by atoms with van der Waals surface area (Å²) < 4.78 is 4.93. The van der Waals surface area contributed by atoms with Crippen LogP contribution in [0.3, 0.4) is 0 Å². The maximum Gasteiger partial charge on any atom is 0.330 e. The molecule has 0 aromatic carbocycles. The second-order valence-corrected chi connectivity index (χ2v) is 4.84. The lowest BCUT2D eigenvalue weighted by Crippen LogP contribution is -2.02. The molecule has 0 aromatic rings. The number of carbonyl (C=O) groups excluding carboxylic acids is 2. The van der Waals surface area contributed by atoms with Crippen molar-refractivity contribution in [3.05, 3.63) is 12.2 Å². The number of rotatable bonds is 13. The molecule has 0 fully saturated rings. The molecule has 0 rings (SSSR count). The molecule has 110 valence electrons. The number of carbonyl (C=O) groups is 2. The van der Waals surface area contributed by atoms with Gasteiger partial charge in [-0.25, -0.2) is 4.79 Å². The smallest absolute Gasteiger partial charge is 0.330 e. The van der Waals surface area contributed by atoms with Gasteiger partial charge in [-0.15, -0.1) is 0 Å². The zero-order chi connectivity index (χ0) is 14.2. The molecule has 0 saturated carbocycles. The number of unbranched alkanes of at least 4 members (excludes halogenated alkanes) is 9. The molecule has 0 N–H and O–H groups in total. The first-order valence-electron chi connectivity index (χ1n) is 7.60. The van der Waals surface area contributed by atoms with Crippen LogP contribution in [-0.2, 0) is 14.3 Å². The Bertz CT molecular complexity index is 246. The van der Waals surface area contributed by atoms with Crippen LogP contribution in [0, 0.1) is 0 Å². The van der Waals surface area contributed by atoms with E-state index in [4.69, 9.17) is 4.74 Å². The molecule has 0 radical (unpaired) electrons. The van der Waals surface area contributed by atoms with Crippen LogP contribution >= 0.6 is 0 Å². The fourth-order valence-corrected chi connectivity index (χ4v) is 1.93. The number of aldehydes is 1. The summed E-state index contributed by atoms with van der Waals surface area (Å²) in [4.78, 5) is 21.0. The summed E-state index contributed by atoms with van der Waals surface area (Å²) in [5.41, 5.74) is 0. The second kappa shape index (κ2) is 14.9. The molecule has 0 unspecified atom stereocenters. The maximum absolute atomic E-state index is 11.0. The monoisotopic (exact) mass is 268 g/mol. The topological polar surface area (TPSA) is 43.4 Å². The Labute approximate surface area is 117 Å². The van der Waals surface area contributed by atoms with Gasteiger partial charge >= 0.3 is 5.97 Å². The lowest BCUT2D eigenvalue weighted by Gasteiger charge is -2.03. The van der Waals surface area contributed by atoms with Crippen LogP contribution in [0.5, 0.6) is 0 Å². The summed E-state index contributed by atoms with van der Waals surface area (Å²) >= 11 is 0. The molecule has 0 atom stereocenters. The van der Waals surface area contributed by atoms with E-state index >= 15 is 0 Å². The standard InChI is InChI=1S/C16H28O3/c1-2-3-4-5-6-7-8-9-10-11-15-19-16(18)13-12-14-17/h12-14H,2-11,15H2,1H3/b13-12+. The van der Waals surface area contributed by atoms with Crippen molar-refractivity contribution < 1.29 is 14.3 Å². The second-order valence-electron chi connectivity index (χ2n) is 4.84. The third kappa shape index (κ3) is 14.8. The highest BCUT2D eigenvalue weighted by Crippen LogP contribution is 2.10. The highest BCUT2D eigenvalue weighted by molar-refractivity contribution is 5.86. The number of ether oxygens (including phenoxy) is 1. The van der Waals surface area contributed by atoms with Gasteiger partial charge in [-0.3, -0.25) is 4.79 Å². The molecule has 3 heteroatoms. The zero-order valence-corrected chi connectivity index (χ0v) is 12.2. The van der Waals surface area contributed by atoms with Crippen molar-refractivity contribution in [1.29, 1.82) is 0 Å². The van der Waals surface area contributed by atoms with Crippen molar-refractivity contribution in [2.75, 3.05) is 6.61 Å². The fraction of sp³-hybridized carbons (Fsp3) is 0.750. The average molecular weight is 268 g/mol. The molecule has 0 aliphatic carbocycles. The predicted octanol–water partition coefficient (Wildman–Crippen LogP) is 4.21. The largest absolute Gasteiger partial charge is 0.463 e. The fourth-order valence-electron chi connectivity index (χ4n) is 1.93. The van der Waals surface area contributed by atoms with Crippen molar-refractivity contribution in [2.45, 2.75) is 71.1 Å². The normalized spacial score (nSPS) is 10.8. The number of allylic oxidation sites excluding steroid dienone is 1. The Hall–Kier alpha value is -1.12. The van der Waals surface area contributed by atoms with E-state index in [0.717, 1.165) is 25.0 Å². The highest BCUT2D eigenvalue weighted by Gasteiger charge is 1.96. The van der Waals surface area contributed by atoms with E-state index in [0.29, 0.717) is 12.9 Å². The Morgan fingerprint density at radius 1 is 0.895 bits per heavy atom. The minimum absolute atomic E-state index is 0.428. The van der Waals surface area contributed by atoms with Crippen molar-refractivity contribution in [3.8, 4) is 0 Å². The highest BCUT2D eigenvalue weighted by atomic mass is 16.5. The minimum atomic E-state index is -0.428. The molecule has 0 amide bonds. The van der Waals surface area contributed by atoms with Gasteiger partial charge in [0.1, 0.15) is 6.29 Å². The Kier molecular flexibility index (Phi) is 14.1. The van der Waals surface area contributed by atoms with Crippen LogP contribution in [-0.4, -0.2) is 18.9 Å². The average Bonchev–Trinajstić information content (AvgIpc) is 2.42. The van der Waals surface area contributed by atoms with E-state index < -0.39 is 5.97 Å². The Balaban J connectivity index is 3.12. The van der Waals surface area contributed by atoms with E-state index in [1.807, 2.05) is 0 Å². The van der Waals surface area contributed by atoms with Gasteiger partial charge in [0.05, 0.1) is 6.61 Å². The molecule has 0 aliphatic rings. The molecular formula is C16H28O3. The Morgan fingerprint density at radius 3 is 1.95 bits per heavy atom. The van der Waals surface area contributed by atoms with Crippen LogP contribution in [0.2, 0.25) is 0 Å². The van der Waals surface area contributed by atoms with Crippen LogP contribution in [0.25, 0.3) is 0 Å². The SMILES string of the molecule is CCCCCCCCCCCCOC(=O)/C=C/C=O. The van der Waals surface area contributed by atoms with Crippen LogP contribution in [0.4, 0.5) is 0 Å². The molecular weight excluding hydrogens is 240 g/mol. The molecule has 0 bridgehead atoms. The predicted molar refractivity (Wildman–Crippen MR) is 78.0 cm³/mol. The summed E-state index contributed by atoms with van der Waals surface area (Å²) in [6.07, 6.45) is 15.5. The molecule has 0 saturated heterocycles. The quantitative estimate of drug-likeness (QED) is 0.217. The first-order chi connectivity index (χ1) is 9.31. The van der Waals surface area contributed by atoms with E-state index in [2.05, 4.69) is 6.92 Å². The van der Waals surface area contributed by atoms with Crippen molar-refractivity contribution in [2.24, 2.45) is 0 Å². The van der Waals surface area contributed by atoms with Gasteiger partial charge in [0.25, 0.3) is 0 Å². The van der Waals surface area contributed by atoms with Crippen LogP contribution in [0.15, 0.2) is 12.2 Å². The van der Waals surface area contributed by atoms with Crippen LogP contribution in [0.1, 0.15) is 71.1 Å². The maximum atomic E-state index is 11.0. The van der Waals surface area contributed by atoms with E-state index in [1.54, 1.807) is 0 Å². The van der Waals surface area contributed by atoms with Crippen molar-refractivity contribution in [3.63, 3.8) is 0 Å². The van der Waals surface area contributed by atoms with Gasteiger partial charge in [0.2, 0.25) is 0 Å². The molecule has 0 aliphatic heterocycles. The lowest BCUT2D eigenvalue weighted by molar-refractivity contribution is -0.138. The molecule has 0 heterocycles. The van der Waals surface area contributed by atoms with E-state index in [1.165, 1.54) is 51.4 Å². The van der Waals surface area contributed by atoms with Crippen molar-refractivity contribution >= 4 is 12.3 Å². The third-order valence-electron chi connectivity index (χ3n) is 3.05. The van der Waals surface area contributed by atoms with Gasteiger partial charge < -0.3 is 4.74 Å². The zero-order valence-electron chi connectivity index (χ0n) is 12.2. The summed E-state index contributed by atoms with van der Waals surface area (Å²) in [6, 6.07) is 0. The van der Waals surface area contributed by atoms with Crippen LogP contribution < -0.4 is 0 Å². The van der Waals surface area contributed by atoms with Gasteiger partial charge in [-0.05, 0) is 12.5 Å².